The predicted octanol–water partition coefficient (Wildman–Crippen LogP) is 0.537. The Balaban J connectivity index is 1.96. The quantitative estimate of drug-likeness (QED) is 0.496. The van der Waals surface area contributed by atoms with Crippen LogP contribution in [0.15, 0.2) is 0 Å². The van der Waals surface area contributed by atoms with Crippen LogP contribution in [0, 0.1) is 0 Å². The lowest BCUT2D eigenvalue weighted by Gasteiger charge is -2.29. The van der Waals surface area contributed by atoms with Gasteiger partial charge in [-0.1, -0.05) is 0 Å². The fraction of sp³-hybridized carbons (Fsp3) is 1.00. The first-order chi connectivity index (χ1) is 4.86. The normalized spacial score (nSPS) is 47.1. The van der Waals surface area contributed by atoms with Gasteiger partial charge in [-0.05, 0) is 13.3 Å². The Morgan fingerprint density at radius 2 is 2.10 bits per heavy atom. The van der Waals surface area contributed by atoms with Gasteiger partial charge in [0.25, 0.3) is 0 Å². The maximum Gasteiger partial charge on any atom is 0.155 e. The van der Waals surface area contributed by atoms with Crippen LogP contribution in [0.5, 0.6) is 0 Å². The van der Waals surface area contributed by atoms with Gasteiger partial charge in [0.05, 0.1) is 12.7 Å². The molecule has 3 atom stereocenters. The topological polar surface area (TPSA) is 27.7 Å². The van der Waals surface area contributed by atoms with E-state index in [1.165, 1.54) is 0 Å². The highest BCUT2D eigenvalue weighted by molar-refractivity contribution is 4.79. The number of fused-ring (bicyclic) bond motifs is 1. The Bertz CT molecular complexity index is 126. The Kier molecular flexibility index (Phi) is 1.64. The summed E-state index contributed by atoms with van der Waals surface area (Å²) in [5.41, 5.74) is 0. The highest BCUT2D eigenvalue weighted by Crippen LogP contribution is 2.23. The van der Waals surface area contributed by atoms with Crippen molar-refractivity contribution in [3.8, 4) is 0 Å². The molecular weight excluding hydrogens is 132 g/mol. The van der Waals surface area contributed by atoms with E-state index in [0.717, 1.165) is 13.0 Å². The molecule has 2 aliphatic rings. The van der Waals surface area contributed by atoms with Crippen LogP contribution in [0.3, 0.4) is 0 Å². The third-order valence-corrected chi connectivity index (χ3v) is 2.01. The molecule has 1 unspecified atom stereocenters. The molecule has 10 heavy (non-hydrogen) atoms. The lowest BCUT2D eigenvalue weighted by atomic mass is 10.2. The fourth-order valence-corrected chi connectivity index (χ4v) is 1.46. The molecule has 2 saturated heterocycles. The lowest BCUT2D eigenvalue weighted by molar-refractivity contribution is -0.229. The van der Waals surface area contributed by atoms with Gasteiger partial charge in [-0.15, -0.1) is 0 Å². The van der Waals surface area contributed by atoms with Crippen LogP contribution in [0.2, 0.25) is 0 Å². The largest absolute Gasteiger partial charge is 0.373 e. The van der Waals surface area contributed by atoms with Gasteiger partial charge in [-0.3, -0.25) is 0 Å². The number of hydrogen-bond acceptors (Lipinski definition) is 3. The molecular formula is C7H12O3. The van der Waals surface area contributed by atoms with E-state index < -0.39 is 0 Å². The maximum absolute atomic E-state index is 5.46. The summed E-state index contributed by atoms with van der Waals surface area (Å²) in [4.78, 5) is 0. The number of hydrogen-bond donors (Lipinski definition) is 0. The standard InChI is InChI=1S/C7H12O3/c1-5-9-4-7-6(10-5)2-3-8-7/h5-7H,2-4H2,1H3/t5?,6-,7-/m1/s1. The minimum atomic E-state index is -0.0389. The Morgan fingerprint density at radius 3 is 3.00 bits per heavy atom. The van der Waals surface area contributed by atoms with Crippen molar-refractivity contribution >= 4 is 0 Å². The Labute approximate surface area is 60.3 Å². The lowest BCUT2D eigenvalue weighted by Crippen LogP contribution is -2.39. The summed E-state index contributed by atoms with van der Waals surface area (Å²) in [5, 5.41) is 0. The predicted molar refractivity (Wildman–Crippen MR) is 34.6 cm³/mol. The first-order valence-electron chi connectivity index (χ1n) is 3.75. The molecule has 2 aliphatic heterocycles. The Morgan fingerprint density at radius 1 is 1.20 bits per heavy atom. The molecule has 0 radical (unpaired) electrons. The van der Waals surface area contributed by atoms with Gasteiger partial charge < -0.3 is 14.2 Å². The average molecular weight is 144 g/mol. The van der Waals surface area contributed by atoms with Crippen LogP contribution in [-0.2, 0) is 14.2 Å². The van der Waals surface area contributed by atoms with Gasteiger partial charge in [-0.25, -0.2) is 0 Å². The van der Waals surface area contributed by atoms with Crippen molar-refractivity contribution < 1.29 is 14.2 Å². The molecule has 2 fully saturated rings. The van der Waals surface area contributed by atoms with E-state index in [-0.39, 0.29) is 12.4 Å². The minimum Gasteiger partial charge on any atom is -0.373 e. The second kappa shape index (κ2) is 2.49. The van der Waals surface area contributed by atoms with E-state index in [0.29, 0.717) is 12.7 Å². The molecule has 0 N–H and O–H groups in total. The summed E-state index contributed by atoms with van der Waals surface area (Å²) in [6.07, 6.45) is 1.49. The molecule has 3 nitrogen and oxygen atoms in total. The smallest absolute Gasteiger partial charge is 0.155 e. The molecule has 0 amide bonds. The van der Waals surface area contributed by atoms with E-state index in [9.17, 15) is 0 Å². The van der Waals surface area contributed by atoms with Crippen molar-refractivity contribution in [3.63, 3.8) is 0 Å². The van der Waals surface area contributed by atoms with Crippen LogP contribution < -0.4 is 0 Å². The van der Waals surface area contributed by atoms with Gasteiger partial charge >= 0.3 is 0 Å². The van der Waals surface area contributed by atoms with Gasteiger partial charge in [0, 0.05) is 6.61 Å². The van der Waals surface area contributed by atoms with Crippen molar-refractivity contribution in [1.82, 2.24) is 0 Å². The zero-order valence-electron chi connectivity index (χ0n) is 6.08. The summed E-state index contributed by atoms with van der Waals surface area (Å²) in [7, 11) is 0. The molecule has 0 aliphatic carbocycles. The van der Waals surface area contributed by atoms with E-state index in [1.54, 1.807) is 0 Å². The maximum atomic E-state index is 5.46. The van der Waals surface area contributed by atoms with Gasteiger partial charge in [0.15, 0.2) is 6.29 Å². The molecule has 0 bridgehead atoms. The van der Waals surface area contributed by atoms with Crippen LogP contribution in [-0.4, -0.2) is 31.7 Å². The zero-order chi connectivity index (χ0) is 6.97. The summed E-state index contributed by atoms with van der Waals surface area (Å²) in [6.45, 7) is 3.45. The third kappa shape index (κ3) is 1.05. The molecule has 0 spiro atoms. The third-order valence-electron chi connectivity index (χ3n) is 2.01. The van der Waals surface area contributed by atoms with Gasteiger partial charge in [0.1, 0.15) is 6.10 Å². The summed E-state index contributed by atoms with van der Waals surface area (Å²) in [5.74, 6) is 0. The van der Waals surface area contributed by atoms with Crippen LogP contribution in [0.1, 0.15) is 13.3 Å². The van der Waals surface area contributed by atoms with E-state index in [4.69, 9.17) is 14.2 Å². The first-order valence-corrected chi connectivity index (χ1v) is 3.75. The summed E-state index contributed by atoms with van der Waals surface area (Å²) >= 11 is 0. The molecule has 2 heterocycles. The van der Waals surface area contributed by atoms with E-state index in [2.05, 4.69) is 0 Å². The molecule has 2 rings (SSSR count). The second-order valence-electron chi connectivity index (χ2n) is 2.77. The fourth-order valence-electron chi connectivity index (χ4n) is 1.46. The molecule has 0 aromatic rings. The Hall–Kier alpha value is -0.120. The first kappa shape index (κ1) is 6.58. The van der Waals surface area contributed by atoms with Gasteiger partial charge in [-0.2, -0.15) is 0 Å². The molecule has 58 valence electrons. The SMILES string of the molecule is CC1OC[C@H]2OCC[C@H]2O1. The average Bonchev–Trinajstić information content (AvgIpc) is 2.33. The van der Waals surface area contributed by atoms with E-state index >= 15 is 0 Å². The van der Waals surface area contributed by atoms with Gasteiger partial charge in [0.2, 0.25) is 0 Å². The van der Waals surface area contributed by atoms with Crippen molar-refractivity contribution in [2.75, 3.05) is 13.2 Å². The highest BCUT2D eigenvalue weighted by Gasteiger charge is 2.34. The summed E-state index contributed by atoms with van der Waals surface area (Å²) < 4.78 is 16.1. The van der Waals surface area contributed by atoms with Crippen LogP contribution >= 0.6 is 0 Å². The summed E-state index contributed by atoms with van der Waals surface area (Å²) in [6, 6.07) is 0. The molecule has 3 heteroatoms. The minimum absolute atomic E-state index is 0.0389. The molecule has 0 aromatic heterocycles. The highest BCUT2D eigenvalue weighted by atomic mass is 16.7. The monoisotopic (exact) mass is 144 g/mol. The second-order valence-corrected chi connectivity index (χ2v) is 2.77. The van der Waals surface area contributed by atoms with Crippen LogP contribution in [0.25, 0.3) is 0 Å². The molecule has 0 aromatic carbocycles. The van der Waals surface area contributed by atoms with Crippen molar-refractivity contribution in [1.29, 1.82) is 0 Å². The molecule has 0 saturated carbocycles. The van der Waals surface area contributed by atoms with Crippen molar-refractivity contribution in [3.05, 3.63) is 0 Å². The number of ether oxygens (including phenoxy) is 3. The van der Waals surface area contributed by atoms with Crippen LogP contribution in [0.4, 0.5) is 0 Å². The zero-order valence-corrected chi connectivity index (χ0v) is 6.08. The van der Waals surface area contributed by atoms with Crippen molar-refractivity contribution in [2.45, 2.75) is 31.8 Å². The number of rotatable bonds is 0. The van der Waals surface area contributed by atoms with E-state index in [1.807, 2.05) is 6.92 Å². The van der Waals surface area contributed by atoms with Crippen molar-refractivity contribution in [2.24, 2.45) is 0 Å².